The first-order chi connectivity index (χ1) is 7.56. The number of hydrogen-bond acceptors (Lipinski definition) is 4. The van der Waals surface area contributed by atoms with Crippen molar-refractivity contribution in [2.24, 2.45) is 5.92 Å². The van der Waals surface area contributed by atoms with E-state index >= 15 is 0 Å². The van der Waals surface area contributed by atoms with Crippen LogP contribution < -0.4 is 0 Å². The van der Waals surface area contributed by atoms with Crippen LogP contribution in [-0.2, 0) is 14.3 Å². The standard InChI is InChI=1S/C12H23NO3/c1-9-8-13(6-5-7-16-9)11(3)10(2)12(14)15-4/h9-11H,5-8H2,1-4H3. The minimum atomic E-state index is -0.134. The predicted octanol–water partition coefficient (Wildman–Crippen LogP) is 1.29. The van der Waals surface area contributed by atoms with Crippen molar-refractivity contribution < 1.29 is 14.3 Å². The number of rotatable bonds is 3. The molecule has 3 unspecified atom stereocenters. The summed E-state index contributed by atoms with van der Waals surface area (Å²) in [6, 6.07) is 0.205. The fourth-order valence-electron chi connectivity index (χ4n) is 2.10. The molecule has 0 bridgehead atoms. The summed E-state index contributed by atoms with van der Waals surface area (Å²) in [5.74, 6) is -0.222. The monoisotopic (exact) mass is 229 g/mol. The van der Waals surface area contributed by atoms with Crippen LogP contribution in [0, 0.1) is 5.92 Å². The molecule has 94 valence electrons. The zero-order valence-corrected chi connectivity index (χ0v) is 10.7. The third-order valence-electron chi connectivity index (χ3n) is 3.36. The van der Waals surface area contributed by atoms with Crippen molar-refractivity contribution in [2.45, 2.75) is 39.3 Å². The molecule has 0 aliphatic carbocycles. The maximum absolute atomic E-state index is 11.5. The van der Waals surface area contributed by atoms with Gasteiger partial charge in [0, 0.05) is 25.7 Å². The minimum absolute atomic E-state index is 0.0877. The van der Waals surface area contributed by atoms with Crippen LogP contribution in [0.1, 0.15) is 27.2 Å². The van der Waals surface area contributed by atoms with Crippen LogP contribution in [0.15, 0.2) is 0 Å². The van der Waals surface area contributed by atoms with Crippen LogP contribution >= 0.6 is 0 Å². The second-order valence-corrected chi connectivity index (χ2v) is 4.58. The molecule has 4 heteroatoms. The quantitative estimate of drug-likeness (QED) is 0.684. The highest BCUT2D eigenvalue weighted by Gasteiger charge is 2.28. The van der Waals surface area contributed by atoms with Crippen LogP contribution in [0.4, 0.5) is 0 Å². The molecule has 0 saturated carbocycles. The summed E-state index contributed by atoms with van der Waals surface area (Å²) in [5, 5.41) is 0. The molecule has 1 saturated heterocycles. The van der Waals surface area contributed by atoms with Crippen molar-refractivity contribution in [2.75, 3.05) is 26.8 Å². The number of hydrogen-bond donors (Lipinski definition) is 0. The molecule has 0 N–H and O–H groups in total. The number of carbonyl (C=O) groups is 1. The maximum Gasteiger partial charge on any atom is 0.309 e. The first-order valence-corrected chi connectivity index (χ1v) is 5.99. The van der Waals surface area contributed by atoms with E-state index in [-0.39, 0.29) is 24.0 Å². The molecule has 3 atom stereocenters. The average molecular weight is 229 g/mol. The van der Waals surface area contributed by atoms with Gasteiger partial charge in [-0.3, -0.25) is 9.69 Å². The van der Waals surface area contributed by atoms with Crippen LogP contribution in [0.5, 0.6) is 0 Å². The van der Waals surface area contributed by atoms with E-state index in [4.69, 9.17) is 9.47 Å². The molecule has 16 heavy (non-hydrogen) atoms. The summed E-state index contributed by atoms with van der Waals surface area (Å²) < 4.78 is 10.4. The Morgan fingerprint density at radius 2 is 2.19 bits per heavy atom. The SMILES string of the molecule is COC(=O)C(C)C(C)N1CCCOC(C)C1. The van der Waals surface area contributed by atoms with Crippen LogP contribution in [0.25, 0.3) is 0 Å². The van der Waals surface area contributed by atoms with Crippen molar-refractivity contribution >= 4 is 5.97 Å². The number of nitrogens with zero attached hydrogens (tertiary/aromatic N) is 1. The van der Waals surface area contributed by atoms with E-state index < -0.39 is 0 Å². The van der Waals surface area contributed by atoms with Crippen molar-refractivity contribution in [3.8, 4) is 0 Å². The average Bonchev–Trinajstić information content (AvgIpc) is 2.50. The zero-order chi connectivity index (χ0) is 12.1. The molecular weight excluding hydrogens is 206 g/mol. The highest BCUT2D eigenvalue weighted by Crippen LogP contribution is 2.16. The fourth-order valence-corrected chi connectivity index (χ4v) is 2.10. The van der Waals surface area contributed by atoms with Crippen LogP contribution in [0.2, 0.25) is 0 Å². The van der Waals surface area contributed by atoms with Crippen molar-refractivity contribution in [1.82, 2.24) is 4.90 Å². The Labute approximate surface area is 97.9 Å². The van der Waals surface area contributed by atoms with E-state index in [0.29, 0.717) is 0 Å². The molecule has 1 heterocycles. The largest absolute Gasteiger partial charge is 0.469 e. The van der Waals surface area contributed by atoms with Crippen molar-refractivity contribution in [1.29, 1.82) is 0 Å². The molecule has 1 aliphatic heterocycles. The van der Waals surface area contributed by atoms with E-state index in [1.54, 1.807) is 0 Å². The van der Waals surface area contributed by atoms with E-state index in [1.165, 1.54) is 7.11 Å². The summed E-state index contributed by atoms with van der Waals surface area (Å²) in [4.78, 5) is 13.8. The van der Waals surface area contributed by atoms with Gasteiger partial charge in [-0.05, 0) is 20.3 Å². The number of methoxy groups -OCH3 is 1. The smallest absolute Gasteiger partial charge is 0.309 e. The molecule has 0 amide bonds. The van der Waals surface area contributed by atoms with E-state index in [2.05, 4.69) is 18.7 Å². The first-order valence-electron chi connectivity index (χ1n) is 5.99. The Kier molecular flexibility index (Phi) is 5.22. The number of carbonyl (C=O) groups excluding carboxylic acids is 1. The Bertz CT molecular complexity index is 232. The van der Waals surface area contributed by atoms with Gasteiger partial charge in [-0.1, -0.05) is 6.92 Å². The lowest BCUT2D eigenvalue weighted by Gasteiger charge is -2.31. The second kappa shape index (κ2) is 6.21. The van der Waals surface area contributed by atoms with Gasteiger partial charge in [0.05, 0.1) is 19.1 Å². The topological polar surface area (TPSA) is 38.8 Å². The van der Waals surface area contributed by atoms with Crippen LogP contribution in [0.3, 0.4) is 0 Å². The molecule has 1 rings (SSSR count). The van der Waals surface area contributed by atoms with Crippen LogP contribution in [-0.4, -0.2) is 49.8 Å². The lowest BCUT2D eigenvalue weighted by Crippen LogP contribution is -2.43. The summed E-state index contributed by atoms with van der Waals surface area (Å²) in [7, 11) is 1.44. The lowest BCUT2D eigenvalue weighted by molar-refractivity contribution is -0.147. The van der Waals surface area contributed by atoms with Gasteiger partial charge >= 0.3 is 5.97 Å². The predicted molar refractivity (Wildman–Crippen MR) is 62.2 cm³/mol. The third kappa shape index (κ3) is 3.46. The molecule has 0 radical (unpaired) electrons. The fraction of sp³-hybridized carbons (Fsp3) is 0.917. The molecule has 0 aromatic rings. The molecule has 0 aromatic heterocycles. The summed E-state index contributed by atoms with van der Waals surface area (Å²) in [6.45, 7) is 8.78. The zero-order valence-electron chi connectivity index (χ0n) is 10.7. The van der Waals surface area contributed by atoms with E-state index in [1.807, 2.05) is 6.92 Å². The molecule has 0 aromatic carbocycles. The molecule has 1 fully saturated rings. The lowest BCUT2D eigenvalue weighted by atomic mass is 10.0. The Balaban J connectivity index is 2.56. The summed E-state index contributed by atoms with van der Waals surface area (Å²) in [5.41, 5.74) is 0. The van der Waals surface area contributed by atoms with Gasteiger partial charge in [0.25, 0.3) is 0 Å². The Morgan fingerprint density at radius 1 is 1.50 bits per heavy atom. The number of esters is 1. The van der Waals surface area contributed by atoms with Gasteiger partial charge in [-0.25, -0.2) is 0 Å². The third-order valence-corrected chi connectivity index (χ3v) is 3.36. The normalized spacial score (nSPS) is 26.9. The van der Waals surface area contributed by atoms with E-state index in [9.17, 15) is 4.79 Å². The summed E-state index contributed by atoms with van der Waals surface area (Å²) >= 11 is 0. The number of ether oxygens (including phenoxy) is 2. The van der Waals surface area contributed by atoms with Gasteiger partial charge < -0.3 is 9.47 Å². The van der Waals surface area contributed by atoms with Gasteiger partial charge in [-0.15, -0.1) is 0 Å². The maximum atomic E-state index is 11.5. The summed E-state index contributed by atoms with van der Waals surface area (Å²) in [6.07, 6.45) is 1.28. The highest BCUT2D eigenvalue weighted by molar-refractivity contribution is 5.72. The minimum Gasteiger partial charge on any atom is -0.469 e. The Morgan fingerprint density at radius 3 is 2.81 bits per heavy atom. The second-order valence-electron chi connectivity index (χ2n) is 4.58. The van der Waals surface area contributed by atoms with E-state index in [0.717, 1.165) is 26.1 Å². The van der Waals surface area contributed by atoms with Gasteiger partial charge in [-0.2, -0.15) is 0 Å². The van der Waals surface area contributed by atoms with Crippen molar-refractivity contribution in [3.05, 3.63) is 0 Å². The molecule has 1 aliphatic rings. The Hall–Kier alpha value is -0.610. The molecular formula is C12H23NO3. The molecule has 0 spiro atoms. The van der Waals surface area contributed by atoms with Gasteiger partial charge in [0.2, 0.25) is 0 Å². The van der Waals surface area contributed by atoms with Crippen molar-refractivity contribution in [3.63, 3.8) is 0 Å². The molecule has 4 nitrogen and oxygen atoms in total. The van der Waals surface area contributed by atoms with Gasteiger partial charge in [0.15, 0.2) is 0 Å². The van der Waals surface area contributed by atoms with Gasteiger partial charge in [0.1, 0.15) is 0 Å². The highest BCUT2D eigenvalue weighted by atomic mass is 16.5. The first kappa shape index (κ1) is 13.5.